The summed E-state index contributed by atoms with van der Waals surface area (Å²) in [5.74, 6) is 0.807. The lowest BCUT2D eigenvalue weighted by molar-refractivity contribution is -0.125. The minimum atomic E-state index is -0.0151. The van der Waals surface area contributed by atoms with Crippen LogP contribution in [0, 0.1) is 5.92 Å². The van der Waals surface area contributed by atoms with E-state index in [4.69, 9.17) is 0 Å². The van der Waals surface area contributed by atoms with Crippen molar-refractivity contribution in [3.05, 3.63) is 54.4 Å². The number of anilines is 1. The number of benzene rings is 1. The van der Waals surface area contributed by atoms with Crippen LogP contribution in [0.5, 0.6) is 0 Å². The van der Waals surface area contributed by atoms with Gasteiger partial charge in [0.05, 0.1) is 12.0 Å². The first-order valence-corrected chi connectivity index (χ1v) is 8.11. The lowest BCUT2D eigenvalue weighted by Crippen LogP contribution is -2.44. The van der Waals surface area contributed by atoms with E-state index in [9.17, 15) is 4.79 Å². The van der Waals surface area contributed by atoms with Gasteiger partial charge in [-0.2, -0.15) is 0 Å². The maximum absolute atomic E-state index is 12.6. The summed E-state index contributed by atoms with van der Waals surface area (Å²) in [6.45, 7) is 3.60. The molecule has 3 rings (SSSR count). The van der Waals surface area contributed by atoms with Gasteiger partial charge in [0.1, 0.15) is 0 Å². The SMILES string of the molecule is C[C@H](NC(=O)[C@@H]1CCCN(c2ncccn2)C1)c1ccccc1. The monoisotopic (exact) mass is 310 g/mol. The third-order valence-electron chi connectivity index (χ3n) is 4.29. The van der Waals surface area contributed by atoms with Crippen molar-refractivity contribution >= 4 is 11.9 Å². The van der Waals surface area contributed by atoms with E-state index >= 15 is 0 Å². The molecule has 0 spiro atoms. The van der Waals surface area contributed by atoms with Crippen molar-refractivity contribution in [2.75, 3.05) is 18.0 Å². The van der Waals surface area contributed by atoms with Gasteiger partial charge < -0.3 is 10.2 Å². The molecule has 2 aromatic rings. The molecule has 2 heterocycles. The van der Waals surface area contributed by atoms with Crippen molar-refractivity contribution < 1.29 is 4.79 Å². The Morgan fingerprint density at radius 2 is 1.96 bits per heavy atom. The van der Waals surface area contributed by atoms with Gasteiger partial charge in [0.2, 0.25) is 11.9 Å². The summed E-state index contributed by atoms with van der Waals surface area (Å²) in [5, 5.41) is 3.13. The Bertz CT molecular complexity index is 632. The first kappa shape index (κ1) is 15.5. The fourth-order valence-corrected chi connectivity index (χ4v) is 2.98. The Morgan fingerprint density at radius 3 is 2.70 bits per heavy atom. The minimum absolute atomic E-state index is 0.0151. The molecule has 120 valence electrons. The Labute approximate surface area is 136 Å². The number of nitrogens with one attached hydrogen (secondary N) is 1. The van der Waals surface area contributed by atoms with Gasteiger partial charge in [-0.05, 0) is 31.4 Å². The van der Waals surface area contributed by atoms with E-state index in [1.165, 1.54) is 0 Å². The predicted molar refractivity (Wildman–Crippen MR) is 90.0 cm³/mol. The molecule has 0 radical (unpaired) electrons. The Kier molecular flexibility index (Phi) is 4.86. The van der Waals surface area contributed by atoms with Crippen LogP contribution >= 0.6 is 0 Å². The third kappa shape index (κ3) is 3.86. The van der Waals surface area contributed by atoms with E-state index in [-0.39, 0.29) is 17.9 Å². The van der Waals surface area contributed by atoms with E-state index in [1.54, 1.807) is 18.5 Å². The number of amides is 1. The van der Waals surface area contributed by atoms with Crippen LogP contribution < -0.4 is 10.2 Å². The van der Waals surface area contributed by atoms with Crippen molar-refractivity contribution in [1.29, 1.82) is 0 Å². The quantitative estimate of drug-likeness (QED) is 0.943. The highest BCUT2D eigenvalue weighted by molar-refractivity contribution is 5.80. The second-order valence-electron chi connectivity index (χ2n) is 5.97. The van der Waals surface area contributed by atoms with Gasteiger partial charge in [-0.3, -0.25) is 4.79 Å². The Balaban J connectivity index is 1.61. The maximum atomic E-state index is 12.6. The lowest BCUT2D eigenvalue weighted by atomic mass is 9.96. The molecule has 2 atom stereocenters. The topological polar surface area (TPSA) is 58.1 Å². The molecule has 0 bridgehead atoms. The largest absolute Gasteiger partial charge is 0.349 e. The molecule has 1 saturated heterocycles. The van der Waals surface area contributed by atoms with Crippen LogP contribution in [-0.4, -0.2) is 29.0 Å². The van der Waals surface area contributed by atoms with Crippen LogP contribution in [0.3, 0.4) is 0 Å². The molecule has 1 amide bonds. The molecular formula is C18H22N4O. The summed E-state index contributed by atoms with van der Waals surface area (Å²) < 4.78 is 0. The average Bonchev–Trinajstić information content (AvgIpc) is 2.63. The number of hydrogen-bond acceptors (Lipinski definition) is 4. The molecule has 1 aliphatic rings. The van der Waals surface area contributed by atoms with Gasteiger partial charge in [-0.25, -0.2) is 9.97 Å². The molecule has 1 aliphatic heterocycles. The third-order valence-corrected chi connectivity index (χ3v) is 4.29. The summed E-state index contributed by atoms with van der Waals surface area (Å²) in [6.07, 6.45) is 5.37. The summed E-state index contributed by atoms with van der Waals surface area (Å²) in [5.41, 5.74) is 1.12. The van der Waals surface area contributed by atoms with Crippen LogP contribution in [0.25, 0.3) is 0 Å². The summed E-state index contributed by atoms with van der Waals surface area (Å²) in [6, 6.07) is 11.9. The second kappa shape index (κ2) is 7.22. The zero-order valence-corrected chi connectivity index (χ0v) is 13.4. The Hall–Kier alpha value is -2.43. The molecule has 0 unspecified atom stereocenters. The summed E-state index contributed by atoms with van der Waals surface area (Å²) in [7, 11) is 0. The molecule has 1 aromatic carbocycles. The van der Waals surface area contributed by atoms with Gasteiger partial charge in [-0.15, -0.1) is 0 Å². The molecule has 23 heavy (non-hydrogen) atoms. The second-order valence-corrected chi connectivity index (χ2v) is 5.97. The highest BCUT2D eigenvalue weighted by Crippen LogP contribution is 2.21. The van der Waals surface area contributed by atoms with Crippen molar-refractivity contribution in [3.8, 4) is 0 Å². The smallest absolute Gasteiger partial charge is 0.225 e. The van der Waals surface area contributed by atoms with Gasteiger partial charge in [-0.1, -0.05) is 30.3 Å². The number of hydrogen-bond donors (Lipinski definition) is 1. The molecule has 0 aliphatic carbocycles. The van der Waals surface area contributed by atoms with E-state index < -0.39 is 0 Å². The van der Waals surface area contributed by atoms with Crippen LogP contribution in [-0.2, 0) is 4.79 Å². The van der Waals surface area contributed by atoms with Crippen molar-refractivity contribution in [2.45, 2.75) is 25.8 Å². The van der Waals surface area contributed by atoms with Crippen LogP contribution in [0.15, 0.2) is 48.8 Å². The number of rotatable bonds is 4. The van der Waals surface area contributed by atoms with E-state index in [1.807, 2.05) is 37.3 Å². The van der Waals surface area contributed by atoms with Gasteiger partial charge >= 0.3 is 0 Å². The Morgan fingerprint density at radius 1 is 1.22 bits per heavy atom. The van der Waals surface area contributed by atoms with Crippen molar-refractivity contribution in [1.82, 2.24) is 15.3 Å². The predicted octanol–water partition coefficient (Wildman–Crippen LogP) is 2.57. The van der Waals surface area contributed by atoms with Crippen molar-refractivity contribution in [3.63, 3.8) is 0 Å². The van der Waals surface area contributed by atoms with Crippen molar-refractivity contribution in [2.24, 2.45) is 5.92 Å². The normalized spacial score (nSPS) is 19.2. The number of carbonyl (C=O) groups excluding carboxylic acids is 1. The molecule has 1 aromatic heterocycles. The number of carbonyl (C=O) groups is 1. The molecule has 1 N–H and O–H groups in total. The zero-order valence-electron chi connectivity index (χ0n) is 13.4. The number of piperidine rings is 1. The number of aromatic nitrogens is 2. The van der Waals surface area contributed by atoms with Gasteiger partial charge in [0.15, 0.2) is 0 Å². The first-order chi connectivity index (χ1) is 11.2. The van der Waals surface area contributed by atoms with Gasteiger partial charge in [0.25, 0.3) is 0 Å². The fourth-order valence-electron chi connectivity index (χ4n) is 2.98. The lowest BCUT2D eigenvalue weighted by Gasteiger charge is -2.32. The van der Waals surface area contributed by atoms with Gasteiger partial charge in [0, 0.05) is 25.5 Å². The minimum Gasteiger partial charge on any atom is -0.349 e. The molecule has 1 fully saturated rings. The van der Waals surface area contributed by atoms with Crippen LogP contribution in [0.2, 0.25) is 0 Å². The molecular weight excluding hydrogens is 288 g/mol. The number of nitrogens with zero attached hydrogens (tertiary/aromatic N) is 3. The van der Waals surface area contributed by atoms with E-state index in [0.29, 0.717) is 12.5 Å². The standard InChI is InChI=1S/C18H22N4O/c1-14(15-7-3-2-4-8-15)21-17(23)16-9-5-12-22(13-16)18-19-10-6-11-20-18/h2-4,6-8,10-11,14,16H,5,9,12-13H2,1H3,(H,21,23)/t14-,16+/m0/s1. The fraction of sp³-hybridized carbons (Fsp3) is 0.389. The van der Waals surface area contributed by atoms with E-state index in [0.717, 1.165) is 24.9 Å². The van der Waals surface area contributed by atoms with Crippen LogP contribution in [0.1, 0.15) is 31.4 Å². The molecule has 5 nitrogen and oxygen atoms in total. The maximum Gasteiger partial charge on any atom is 0.225 e. The van der Waals surface area contributed by atoms with E-state index in [2.05, 4.69) is 20.2 Å². The summed E-state index contributed by atoms with van der Waals surface area (Å²) >= 11 is 0. The molecule has 5 heteroatoms. The van der Waals surface area contributed by atoms with Crippen LogP contribution in [0.4, 0.5) is 5.95 Å². The summed E-state index contributed by atoms with van der Waals surface area (Å²) in [4.78, 5) is 23.3. The average molecular weight is 310 g/mol. The highest BCUT2D eigenvalue weighted by atomic mass is 16.2. The first-order valence-electron chi connectivity index (χ1n) is 8.11. The molecule has 0 saturated carbocycles. The highest BCUT2D eigenvalue weighted by Gasteiger charge is 2.27. The zero-order chi connectivity index (χ0) is 16.1.